The second-order valence-electron chi connectivity index (χ2n) is 5.31. The van der Waals surface area contributed by atoms with Crippen LogP contribution in [0.4, 0.5) is 14.5 Å². The summed E-state index contributed by atoms with van der Waals surface area (Å²) in [6, 6.07) is 1.69. The molecule has 3 rings (SSSR count). The third kappa shape index (κ3) is 3.75. The first-order valence-electron chi connectivity index (χ1n) is 7.49. The van der Waals surface area contributed by atoms with E-state index in [4.69, 9.17) is 4.42 Å². The predicted octanol–water partition coefficient (Wildman–Crippen LogP) is 2.83. The molecule has 0 aliphatic carbocycles. The summed E-state index contributed by atoms with van der Waals surface area (Å²) in [5, 5.41) is 7.30. The molecule has 0 saturated carbocycles. The van der Waals surface area contributed by atoms with E-state index in [9.17, 15) is 17.2 Å². The zero-order valence-corrected chi connectivity index (χ0v) is 15.5. The Hall–Kier alpha value is -2.34. The summed E-state index contributed by atoms with van der Waals surface area (Å²) >= 11 is 1.10. The first-order chi connectivity index (χ1) is 12.3. The van der Waals surface area contributed by atoms with Crippen LogP contribution >= 0.6 is 11.3 Å². The maximum absolute atomic E-state index is 12.5. The number of alkyl halides is 2. The van der Waals surface area contributed by atoms with Gasteiger partial charge in [0.2, 0.25) is 10.0 Å². The van der Waals surface area contributed by atoms with Crippen LogP contribution in [0, 0.1) is 0 Å². The minimum absolute atomic E-state index is 0.0146. The molecular formula is C14H15F2N5O3S2. The minimum atomic E-state index is -3.52. The number of aryl methyl sites for hydroxylation is 1. The quantitative estimate of drug-likeness (QED) is 0.602. The zero-order chi connectivity index (χ0) is 18.9. The van der Waals surface area contributed by atoms with Crippen molar-refractivity contribution in [2.24, 2.45) is 7.05 Å². The molecule has 0 N–H and O–H groups in total. The normalized spacial score (nSPS) is 12.0. The minimum Gasteiger partial charge on any atom is -0.414 e. The van der Waals surface area contributed by atoms with Gasteiger partial charge < -0.3 is 8.98 Å². The Morgan fingerprint density at radius 2 is 2.15 bits per heavy atom. The van der Waals surface area contributed by atoms with Crippen LogP contribution in [0.5, 0.6) is 0 Å². The van der Waals surface area contributed by atoms with Crippen LogP contribution in [0.25, 0.3) is 10.8 Å². The third-order valence-corrected chi connectivity index (χ3v) is 6.19. The average molecular weight is 403 g/mol. The van der Waals surface area contributed by atoms with Gasteiger partial charge in [-0.1, -0.05) is 0 Å². The predicted molar refractivity (Wildman–Crippen MR) is 91.4 cm³/mol. The molecule has 0 bridgehead atoms. The molecule has 0 unspecified atom stereocenters. The van der Waals surface area contributed by atoms with Crippen LogP contribution in [-0.2, 0) is 23.6 Å². The van der Waals surface area contributed by atoms with E-state index in [1.807, 2.05) is 0 Å². The smallest absolute Gasteiger partial charge is 0.314 e. The van der Waals surface area contributed by atoms with Crippen molar-refractivity contribution in [1.29, 1.82) is 0 Å². The summed E-state index contributed by atoms with van der Waals surface area (Å²) < 4.78 is 57.9. The van der Waals surface area contributed by atoms with E-state index < -0.39 is 22.3 Å². The van der Waals surface area contributed by atoms with Crippen molar-refractivity contribution in [3.63, 3.8) is 0 Å². The van der Waals surface area contributed by atoms with E-state index in [-0.39, 0.29) is 18.2 Å². The summed E-state index contributed by atoms with van der Waals surface area (Å²) in [6.07, 6.45) is 1.97. The van der Waals surface area contributed by atoms with E-state index in [2.05, 4.69) is 15.2 Å². The molecule has 0 aliphatic rings. The van der Waals surface area contributed by atoms with E-state index in [1.54, 1.807) is 37.0 Å². The van der Waals surface area contributed by atoms with Gasteiger partial charge in [0.05, 0.1) is 24.2 Å². The molecule has 0 radical (unpaired) electrons. The Morgan fingerprint density at radius 3 is 2.73 bits per heavy atom. The number of halogens is 2. The van der Waals surface area contributed by atoms with E-state index >= 15 is 0 Å². The lowest BCUT2D eigenvalue weighted by Crippen LogP contribution is -2.31. The Morgan fingerprint density at radius 1 is 1.38 bits per heavy atom. The van der Waals surface area contributed by atoms with Crippen molar-refractivity contribution in [1.82, 2.24) is 19.7 Å². The highest BCUT2D eigenvalue weighted by molar-refractivity contribution is 7.92. The average Bonchev–Trinajstić information content (AvgIpc) is 3.32. The molecule has 8 nitrogen and oxygen atoms in total. The molecule has 0 aliphatic heterocycles. The number of sulfonamides is 1. The first-order valence-corrected chi connectivity index (χ1v) is 9.91. The van der Waals surface area contributed by atoms with E-state index in [1.165, 1.54) is 10.5 Å². The van der Waals surface area contributed by atoms with Gasteiger partial charge in [0.15, 0.2) is 0 Å². The number of rotatable bonds is 7. The summed E-state index contributed by atoms with van der Waals surface area (Å²) in [6.45, 7) is 1.57. The van der Waals surface area contributed by atoms with Gasteiger partial charge in [-0.05, 0) is 13.0 Å². The highest BCUT2D eigenvalue weighted by Crippen LogP contribution is 2.30. The SMILES string of the molecule is CCS(=O)(=O)N(Cc1ncc(-c2nnc(C(F)F)o2)s1)c1ccn(C)c1. The lowest BCUT2D eigenvalue weighted by molar-refractivity contribution is 0.116. The maximum Gasteiger partial charge on any atom is 0.314 e. The van der Waals surface area contributed by atoms with E-state index in [0.29, 0.717) is 15.6 Å². The molecule has 0 aromatic carbocycles. The first kappa shape index (κ1) is 18.5. The molecule has 26 heavy (non-hydrogen) atoms. The number of hydrogen-bond acceptors (Lipinski definition) is 7. The molecule has 3 heterocycles. The fourth-order valence-electron chi connectivity index (χ4n) is 2.17. The molecule has 0 saturated heterocycles. The molecule has 3 aromatic heterocycles. The Labute approximate surface area is 152 Å². The van der Waals surface area contributed by atoms with Gasteiger partial charge in [0.1, 0.15) is 9.88 Å². The number of hydrogen-bond donors (Lipinski definition) is 0. The largest absolute Gasteiger partial charge is 0.414 e. The lowest BCUT2D eigenvalue weighted by Gasteiger charge is -2.21. The van der Waals surface area contributed by atoms with Gasteiger partial charge in [-0.2, -0.15) is 8.78 Å². The highest BCUT2D eigenvalue weighted by atomic mass is 32.2. The maximum atomic E-state index is 12.5. The molecule has 0 amide bonds. The molecule has 0 fully saturated rings. The topological polar surface area (TPSA) is 94.1 Å². The van der Waals surface area contributed by atoms with Crippen molar-refractivity contribution in [3.05, 3.63) is 35.6 Å². The van der Waals surface area contributed by atoms with Gasteiger partial charge in [-0.25, -0.2) is 13.4 Å². The molecule has 0 spiro atoms. The van der Waals surface area contributed by atoms with Crippen LogP contribution in [0.15, 0.2) is 29.1 Å². The Kier molecular flexibility index (Phi) is 5.05. The van der Waals surface area contributed by atoms with Crippen molar-refractivity contribution in [3.8, 4) is 10.8 Å². The fraction of sp³-hybridized carbons (Fsp3) is 0.357. The van der Waals surface area contributed by atoms with E-state index in [0.717, 1.165) is 11.3 Å². The highest BCUT2D eigenvalue weighted by Gasteiger charge is 2.24. The second-order valence-corrected chi connectivity index (χ2v) is 8.60. The summed E-state index contributed by atoms with van der Waals surface area (Å²) in [5.41, 5.74) is 0.517. The second kappa shape index (κ2) is 7.11. The molecule has 140 valence electrons. The summed E-state index contributed by atoms with van der Waals surface area (Å²) in [4.78, 5) is 4.55. The van der Waals surface area contributed by atoms with Crippen LogP contribution in [0.2, 0.25) is 0 Å². The lowest BCUT2D eigenvalue weighted by atomic mass is 10.5. The van der Waals surface area contributed by atoms with Crippen LogP contribution in [-0.4, -0.2) is 33.9 Å². The molecule has 0 atom stereocenters. The number of thiazole rings is 1. The van der Waals surface area contributed by atoms with Crippen molar-refractivity contribution in [2.45, 2.75) is 19.9 Å². The van der Waals surface area contributed by atoms with Gasteiger partial charge in [0, 0.05) is 19.4 Å². The van der Waals surface area contributed by atoms with Crippen molar-refractivity contribution < 1.29 is 21.6 Å². The molecule has 12 heteroatoms. The third-order valence-electron chi connectivity index (χ3n) is 3.48. The fourth-order valence-corrected chi connectivity index (χ4v) is 4.14. The van der Waals surface area contributed by atoms with Crippen LogP contribution in [0.3, 0.4) is 0 Å². The van der Waals surface area contributed by atoms with Crippen LogP contribution in [0.1, 0.15) is 24.2 Å². The Bertz CT molecular complexity index is 996. The summed E-state index contributed by atoms with van der Waals surface area (Å²) in [5.74, 6) is -0.912. The standard InChI is InChI=1S/C14H15F2N5O3S2/c1-3-26(22,23)21(9-4-5-20(2)7-9)8-11-17-6-10(25-11)13-18-19-14(24-13)12(15)16/h4-7,12H,3,8H2,1-2H3. The molecule has 3 aromatic rings. The monoisotopic (exact) mass is 403 g/mol. The van der Waals surface area contributed by atoms with Crippen molar-refractivity contribution >= 4 is 27.0 Å². The number of aromatic nitrogens is 4. The van der Waals surface area contributed by atoms with Gasteiger partial charge >= 0.3 is 6.43 Å². The number of anilines is 1. The van der Waals surface area contributed by atoms with Gasteiger partial charge in [0.25, 0.3) is 11.8 Å². The number of nitrogens with zero attached hydrogens (tertiary/aromatic N) is 5. The zero-order valence-electron chi connectivity index (χ0n) is 13.8. The van der Waals surface area contributed by atoms with Crippen LogP contribution < -0.4 is 4.31 Å². The van der Waals surface area contributed by atoms with Crippen molar-refractivity contribution in [2.75, 3.05) is 10.1 Å². The summed E-state index contributed by atoms with van der Waals surface area (Å²) in [7, 11) is -1.74. The molecular weight excluding hydrogens is 388 g/mol. The Balaban J connectivity index is 1.87. The van der Waals surface area contributed by atoms with Gasteiger partial charge in [-0.15, -0.1) is 21.5 Å². The van der Waals surface area contributed by atoms with Gasteiger partial charge in [-0.3, -0.25) is 4.31 Å².